The number of nitrogens with zero attached hydrogens (tertiary/aromatic N) is 1. The fourth-order valence-electron chi connectivity index (χ4n) is 1.75. The van der Waals surface area contributed by atoms with Gasteiger partial charge in [0.15, 0.2) is 0 Å². The molecule has 1 aromatic carbocycles. The molecule has 0 aliphatic heterocycles. The molecule has 0 aliphatic rings. The molecule has 0 unspecified atom stereocenters. The third kappa shape index (κ3) is 3.26. The highest BCUT2D eigenvalue weighted by Crippen LogP contribution is 2.14. The van der Waals surface area contributed by atoms with Crippen molar-refractivity contribution in [1.82, 2.24) is 4.98 Å². The third-order valence-electron chi connectivity index (χ3n) is 2.66. The summed E-state index contributed by atoms with van der Waals surface area (Å²) < 4.78 is 22.7. The lowest BCUT2D eigenvalue weighted by Gasteiger charge is -2.06. The van der Waals surface area contributed by atoms with Gasteiger partial charge in [0.2, 0.25) is 9.84 Å². The van der Waals surface area contributed by atoms with Crippen molar-refractivity contribution in [1.29, 1.82) is 0 Å². The van der Waals surface area contributed by atoms with Crippen LogP contribution in [0.5, 0.6) is 0 Å². The zero-order chi connectivity index (χ0) is 13.9. The summed E-state index contributed by atoms with van der Waals surface area (Å²) >= 11 is 0. The maximum Gasteiger partial charge on any atom is 0.278 e. The van der Waals surface area contributed by atoms with E-state index in [0.29, 0.717) is 12.1 Å². The Balaban J connectivity index is 2.40. The number of carbonyl (C=O) groups is 1. The van der Waals surface area contributed by atoms with Crippen molar-refractivity contribution in [2.45, 2.75) is 6.42 Å². The molecule has 0 bridgehead atoms. The molecule has 0 fully saturated rings. The highest BCUT2D eigenvalue weighted by molar-refractivity contribution is 8.06. The average molecular weight is 275 g/mol. The van der Waals surface area contributed by atoms with Crippen molar-refractivity contribution >= 4 is 15.0 Å². The van der Waals surface area contributed by atoms with Crippen LogP contribution in [0.2, 0.25) is 0 Å². The molecule has 0 radical (unpaired) electrons. The van der Waals surface area contributed by atoms with Gasteiger partial charge in [-0.15, -0.1) is 0 Å². The molecule has 0 amide bonds. The first-order chi connectivity index (χ1) is 8.98. The lowest BCUT2D eigenvalue weighted by molar-refractivity contribution is 0.107. The minimum atomic E-state index is -3.75. The van der Waals surface area contributed by atoms with E-state index in [9.17, 15) is 13.2 Å². The molecule has 1 aromatic heterocycles. The Morgan fingerprint density at radius 2 is 1.79 bits per heavy atom. The first-order valence-corrected chi connectivity index (χ1v) is 7.60. The Kier molecular flexibility index (Phi) is 3.76. The summed E-state index contributed by atoms with van der Waals surface area (Å²) in [5.74, 6) is 0. The fourth-order valence-corrected chi connectivity index (χ4v) is 2.34. The Morgan fingerprint density at radius 1 is 1.11 bits per heavy atom. The van der Waals surface area contributed by atoms with Gasteiger partial charge in [-0.25, -0.2) is 8.42 Å². The van der Waals surface area contributed by atoms with Gasteiger partial charge in [-0.2, -0.15) is 0 Å². The van der Waals surface area contributed by atoms with Gasteiger partial charge < -0.3 is 0 Å². The molecule has 0 atom stereocenters. The lowest BCUT2D eigenvalue weighted by atomic mass is 10.1. The molecule has 98 valence electrons. The van der Waals surface area contributed by atoms with E-state index in [0.717, 1.165) is 11.8 Å². The van der Waals surface area contributed by atoms with E-state index in [1.165, 1.54) is 6.07 Å². The van der Waals surface area contributed by atoms with Crippen LogP contribution in [0.15, 0.2) is 48.7 Å². The van der Waals surface area contributed by atoms with Crippen LogP contribution in [0.4, 0.5) is 0 Å². The maximum absolute atomic E-state index is 11.8. The van der Waals surface area contributed by atoms with Gasteiger partial charge in [0.1, 0.15) is 0 Å². The second kappa shape index (κ2) is 5.32. The largest absolute Gasteiger partial charge is 0.278 e. The molecule has 2 aromatic rings. The van der Waals surface area contributed by atoms with Crippen molar-refractivity contribution in [2.75, 3.05) is 6.26 Å². The number of rotatable bonds is 3. The molecular weight excluding hydrogens is 262 g/mol. The molecule has 2 rings (SSSR count). The first kappa shape index (κ1) is 13.4. The van der Waals surface area contributed by atoms with Crippen LogP contribution in [0.25, 0.3) is 0 Å². The summed E-state index contributed by atoms with van der Waals surface area (Å²) in [6, 6.07) is 12.5. The average Bonchev–Trinajstić information content (AvgIpc) is 2.39. The van der Waals surface area contributed by atoms with Crippen molar-refractivity contribution in [2.24, 2.45) is 0 Å². The number of benzene rings is 1. The van der Waals surface area contributed by atoms with E-state index < -0.39 is 15.0 Å². The normalized spacial score (nSPS) is 11.2. The molecule has 0 aliphatic carbocycles. The second-order valence-corrected chi connectivity index (χ2v) is 6.13. The lowest BCUT2D eigenvalue weighted by Crippen LogP contribution is -2.15. The summed E-state index contributed by atoms with van der Waals surface area (Å²) in [6.07, 6.45) is 2.89. The van der Waals surface area contributed by atoms with E-state index in [-0.39, 0.29) is 5.56 Å². The van der Waals surface area contributed by atoms with E-state index in [2.05, 4.69) is 4.98 Å². The molecule has 4 nitrogen and oxygen atoms in total. The van der Waals surface area contributed by atoms with Gasteiger partial charge in [-0.05, 0) is 17.7 Å². The van der Waals surface area contributed by atoms with Crippen LogP contribution in [-0.4, -0.2) is 24.8 Å². The fraction of sp³-hybridized carbons (Fsp3) is 0.143. The Hall–Kier alpha value is -2.01. The molecule has 5 heteroatoms. The van der Waals surface area contributed by atoms with E-state index in [1.807, 2.05) is 30.3 Å². The number of carbonyl (C=O) groups excluding carboxylic acids is 1. The summed E-state index contributed by atoms with van der Waals surface area (Å²) in [6.45, 7) is 0. The third-order valence-corrected chi connectivity index (χ3v) is 3.55. The second-order valence-electron chi connectivity index (χ2n) is 4.22. The zero-order valence-electron chi connectivity index (χ0n) is 10.4. The molecule has 1 heterocycles. The van der Waals surface area contributed by atoms with Crippen LogP contribution in [-0.2, 0) is 16.3 Å². The van der Waals surface area contributed by atoms with E-state index in [1.54, 1.807) is 12.3 Å². The van der Waals surface area contributed by atoms with Crippen molar-refractivity contribution in [3.8, 4) is 0 Å². The number of aromatic nitrogens is 1. The minimum absolute atomic E-state index is 0.147. The molecule has 0 saturated carbocycles. The van der Waals surface area contributed by atoms with Gasteiger partial charge in [0, 0.05) is 18.9 Å². The molecule has 19 heavy (non-hydrogen) atoms. The van der Waals surface area contributed by atoms with Crippen molar-refractivity contribution < 1.29 is 13.2 Å². The standard InChI is InChI=1S/C14H13NO3S/c1-19(17,18)14(16)12-8-5-9-15-13(12)10-11-6-3-2-4-7-11/h2-9H,10H2,1H3. The Morgan fingerprint density at radius 3 is 2.42 bits per heavy atom. The predicted octanol–water partition coefficient (Wildman–Crippen LogP) is 1.86. The SMILES string of the molecule is CS(=O)(=O)C(=O)c1cccnc1Cc1ccccc1. The van der Waals surface area contributed by atoms with E-state index >= 15 is 0 Å². The van der Waals surface area contributed by atoms with Gasteiger partial charge in [-0.3, -0.25) is 9.78 Å². The summed E-state index contributed by atoms with van der Waals surface area (Å²) in [7, 11) is -3.75. The summed E-state index contributed by atoms with van der Waals surface area (Å²) in [5.41, 5.74) is 1.60. The van der Waals surface area contributed by atoms with Crippen LogP contribution < -0.4 is 0 Å². The number of hydrogen-bond acceptors (Lipinski definition) is 4. The van der Waals surface area contributed by atoms with Crippen LogP contribution >= 0.6 is 0 Å². The van der Waals surface area contributed by atoms with Crippen molar-refractivity contribution in [3.63, 3.8) is 0 Å². The van der Waals surface area contributed by atoms with Crippen LogP contribution in [0.1, 0.15) is 21.6 Å². The van der Waals surface area contributed by atoms with Gasteiger partial charge in [-0.1, -0.05) is 30.3 Å². The topological polar surface area (TPSA) is 64.1 Å². The predicted molar refractivity (Wildman–Crippen MR) is 72.7 cm³/mol. The van der Waals surface area contributed by atoms with E-state index in [4.69, 9.17) is 0 Å². The highest BCUT2D eigenvalue weighted by Gasteiger charge is 2.21. The summed E-state index contributed by atoms with van der Waals surface area (Å²) in [5, 5.41) is -0.883. The smallest absolute Gasteiger partial charge is 0.276 e. The molecular formula is C14H13NO3S. The monoisotopic (exact) mass is 275 g/mol. The number of sulfone groups is 1. The van der Waals surface area contributed by atoms with Gasteiger partial charge >= 0.3 is 0 Å². The van der Waals surface area contributed by atoms with Gasteiger partial charge in [0.25, 0.3) is 5.12 Å². The van der Waals surface area contributed by atoms with Crippen LogP contribution in [0, 0.1) is 0 Å². The number of hydrogen-bond donors (Lipinski definition) is 0. The highest BCUT2D eigenvalue weighted by atomic mass is 32.2. The quantitative estimate of drug-likeness (QED) is 0.857. The van der Waals surface area contributed by atoms with Crippen molar-refractivity contribution in [3.05, 3.63) is 65.5 Å². The first-order valence-electron chi connectivity index (χ1n) is 5.70. The Labute approximate surface area is 112 Å². The number of pyridine rings is 1. The zero-order valence-corrected chi connectivity index (χ0v) is 11.2. The van der Waals surface area contributed by atoms with Gasteiger partial charge in [0.05, 0.1) is 11.3 Å². The van der Waals surface area contributed by atoms with Crippen LogP contribution in [0.3, 0.4) is 0 Å². The molecule has 0 saturated heterocycles. The minimum Gasteiger partial charge on any atom is -0.276 e. The Bertz CT molecular complexity index is 694. The molecule has 0 spiro atoms. The maximum atomic E-state index is 11.8. The summed E-state index contributed by atoms with van der Waals surface area (Å²) in [4.78, 5) is 16.0. The molecule has 0 N–H and O–H groups in total.